The van der Waals surface area contributed by atoms with Gasteiger partial charge >= 0.3 is 5.97 Å². The molecule has 3 nitrogen and oxygen atoms in total. The van der Waals surface area contributed by atoms with Crippen molar-refractivity contribution in [1.82, 2.24) is 5.32 Å². The maximum Gasteiger partial charge on any atom is 0.317 e. The van der Waals surface area contributed by atoms with Crippen molar-refractivity contribution in [2.45, 2.75) is 19.4 Å². The molecule has 0 spiro atoms. The molecular weight excluding hydrogens is 178 g/mol. The van der Waals surface area contributed by atoms with Crippen LogP contribution in [0, 0.1) is 0 Å². The van der Waals surface area contributed by atoms with Crippen LogP contribution in [-0.2, 0) is 11.2 Å². The Hall–Kier alpha value is -1.35. The van der Waals surface area contributed by atoms with Crippen LogP contribution < -0.4 is 5.32 Å². The molecule has 0 radical (unpaired) electrons. The SMILES string of the molecule is CC(Cc1ccccc1)NCC(=O)O. The standard InChI is InChI=1S/C11H15NO2/c1-9(12-8-11(13)14)7-10-5-3-2-4-6-10/h2-6,9,12H,7-8H2,1H3,(H,13,14). The van der Waals surface area contributed by atoms with Gasteiger partial charge in [0.15, 0.2) is 0 Å². The second-order valence-electron chi connectivity index (χ2n) is 3.37. The molecule has 0 saturated carbocycles. The minimum atomic E-state index is -0.815. The Kier molecular flexibility index (Phi) is 4.13. The predicted molar refractivity (Wildman–Crippen MR) is 55.2 cm³/mol. The number of carbonyl (C=O) groups is 1. The smallest absolute Gasteiger partial charge is 0.317 e. The summed E-state index contributed by atoms with van der Waals surface area (Å²) in [7, 11) is 0. The Labute approximate surface area is 83.8 Å². The second kappa shape index (κ2) is 5.40. The monoisotopic (exact) mass is 193 g/mol. The van der Waals surface area contributed by atoms with Crippen molar-refractivity contribution in [3.05, 3.63) is 35.9 Å². The Morgan fingerprint density at radius 3 is 2.64 bits per heavy atom. The van der Waals surface area contributed by atoms with Crippen molar-refractivity contribution in [1.29, 1.82) is 0 Å². The molecule has 0 aliphatic rings. The van der Waals surface area contributed by atoms with E-state index in [1.54, 1.807) is 0 Å². The number of aliphatic carboxylic acids is 1. The average molecular weight is 193 g/mol. The number of carboxylic acid groups (broad SMARTS) is 1. The molecule has 76 valence electrons. The van der Waals surface area contributed by atoms with Crippen LogP contribution in [-0.4, -0.2) is 23.7 Å². The first kappa shape index (κ1) is 10.7. The summed E-state index contributed by atoms with van der Waals surface area (Å²) < 4.78 is 0. The van der Waals surface area contributed by atoms with E-state index in [9.17, 15) is 4.79 Å². The van der Waals surface area contributed by atoms with Crippen LogP contribution >= 0.6 is 0 Å². The van der Waals surface area contributed by atoms with Crippen molar-refractivity contribution < 1.29 is 9.90 Å². The van der Waals surface area contributed by atoms with Crippen LogP contribution in [0.25, 0.3) is 0 Å². The molecular formula is C11H15NO2. The number of carboxylic acids is 1. The largest absolute Gasteiger partial charge is 0.480 e. The fourth-order valence-corrected chi connectivity index (χ4v) is 1.30. The first-order valence-electron chi connectivity index (χ1n) is 4.67. The molecule has 0 aromatic heterocycles. The van der Waals surface area contributed by atoms with Gasteiger partial charge in [0.1, 0.15) is 0 Å². The lowest BCUT2D eigenvalue weighted by atomic mass is 10.1. The van der Waals surface area contributed by atoms with E-state index in [-0.39, 0.29) is 12.6 Å². The van der Waals surface area contributed by atoms with E-state index in [0.717, 1.165) is 6.42 Å². The van der Waals surface area contributed by atoms with Crippen molar-refractivity contribution in [3.8, 4) is 0 Å². The van der Waals surface area contributed by atoms with E-state index in [2.05, 4.69) is 5.32 Å². The van der Waals surface area contributed by atoms with Gasteiger partial charge in [0.2, 0.25) is 0 Å². The molecule has 0 fully saturated rings. The van der Waals surface area contributed by atoms with Gasteiger partial charge < -0.3 is 10.4 Å². The van der Waals surface area contributed by atoms with Gasteiger partial charge in [0.25, 0.3) is 0 Å². The first-order valence-corrected chi connectivity index (χ1v) is 4.67. The molecule has 3 heteroatoms. The van der Waals surface area contributed by atoms with Crippen molar-refractivity contribution in [3.63, 3.8) is 0 Å². The molecule has 14 heavy (non-hydrogen) atoms. The molecule has 0 aliphatic carbocycles. The third-order valence-corrected chi connectivity index (χ3v) is 1.99. The minimum Gasteiger partial charge on any atom is -0.480 e. The number of hydrogen-bond acceptors (Lipinski definition) is 2. The highest BCUT2D eigenvalue weighted by atomic mass is 16.4. The predicted octanol–water partition coefficient (Wildman–Crippen LogP) is 1.29. The maximum atomic E-state index is 10.3. The third-order valence-electron chi connectivity index (χ3n) is 1.99. The van der Waals surface area contributed by atoms with Crippen LogP contribution in [0.5, 0.6) is 0 Å². The summed E-state index contributed by atoms with van der Waals surface area (Å²) in [6.07, 6.45) is 0.855. The lowest BCUT2D eigenvalue weighted by molar-refractivity contribution is -0.136. The van der Waals surface area contributed by atoms with Gasteiger partial charge in [0.05, 0.1) is 6.54 Å². The zero-order valence-corrected chi connectivity index (χ0v) is 8.23. The third kappa shape index (κ3) is 4.05. The van der Waals surface area contributed by atoms with Gasteiger partial charge in [-0.05, 0) is 18.9 Å². The van der Waals surface area contributed by atoms with Crippen molar-refractivity contribution in [2.24, 2.45) is 0 Å². The second-order valence-corrected chi connectivity index (χ2v) is 3.37. The van der Waals surface area contributed by atoms with Gasteiger partial charge in [-0.15, -0.1) is 0 Å². The summed E-state index contributed by atoms with van der Waals surface area (Å²) in [6, 6.07) is 10.2. The molecule has 0 amide bonds. The first-order chi connectivity index (χ1) is 6.68. The Morgan fingerprint density at radius 2 is 2.07 bits per heavy atom. The van der Waals surface area contributed by atoms with Gasteiger partial charge in [-0.1, -0.05) is 30.3 Å². The highest BCUT2D eigenvalue weighted by Crippen LogP contribution is 2.02. The fourth-order valence-electron chi connectivity index (χ4n) is 1.30. The zero-order chi connectivity index (χ0) is 10.4. The molecule has 0 bridgehead atoms. The molecule has 1 aromatic carbocycles. The van der Waals surface area contributed by atoms with Crippen LogP contribution in [0.15, 0.2) is 30.3 Å². The molecule has 1 atom stereocenters. The number of nitrogens with one attached hydrogen (secondary N) is 1. The molecule has 1 unspecified atom stereocenters. The summed E-state index contributed by atoms with van der Waals surface area (Å²) in [5.74, 6) is -0.815. The van der Waals surface area contributed by atoms with Crippen molar-refractivity contribution >= 4 is 5.97 Å². The lowest BCUT2D eigenvalue weighted by Crippen LogP contribution is -2.32. The van der Waals surface area contributed by atoms with Crippen molar-refractivity contribution in [2.75, 3.05) is 6.54 Å². The van der Waals surface area contributed by atoms with Crippen LogP contribution in [0.3, 0.4) is 0 Å². The quantitative estimate of drug-likeness (QED) is 0.741. The molecule has 1 aromatic rings. The van der Waals surface area contributed by atoms with Gasteiger partial charge in [-0.2, -0.15) is 0 Å². The molecule has 1 rings (SSSR count). The molecule has 2 N–H and O–H groups in total. The van der Waals surface area contributed by atoms with Gasteiger partial charge in [-0.3, -0.25) is 4.79 Å². The number of rotatable bonds is 5. The minimum absolute atomic E-state index is 0.0218. The highest BCUT2D eigenvalue weighted by molar-refractivity contribution is 5.69. The average Bonchev–Trinajstić information content (AvgIpc) is 2.16. The number of hydrogen-bond donors (Lipinski definition) is 2. The Bertz CT molecular complexity index is 285. The van der Waals surface area contributed by atoms with Gasteiger partial charge in [0, 0.05) is 6.04 Å². The summed E-state index contributed by atoms with van der Waals surface area (Å²) in [5, 5.41) is 11.4. The summed E-state index contributed by atoms with van der Waals surface area (Å²) >= 11 is 0. The molecule has 0 heterocycles. The van der Waals surface area contributed by atoms with E-state index in [4.69, 9.17) is 5.11 Å². The maximum absolute atomic E-state index is 10.3. The number of benzene rings is 1. The molecule has 0 saturated heterocycles. The van der Waals surface area contributed by atoms with E-state index < -0.39 is 5.97 Å². The van der Waals surface area contributed by atoms with Crippen LogP contribution in [0.1, 0.15) is 12.5 Å². The van der Waals surface area contributed by atoms with E-state index in [1.165, 1.54) is 5.56 Å². The highest BCUT2D eigenvalue weighted by Gasteiger charge is 2.04. The normalized spacial score (nSPS) is 12.4. The summed E-state index contributed by atoms with van der Waals surface area (Å²) in [4.78, 5) is 10.3. The Morgan fingerprint density at radius 1 is 1.43 bits per heavy atom. The summed E-state index contributed by atoms with van der Waals surface area (Å²) in [5.41, 5.74) is 1.22. The molecule has 0 aliphatic heterocycles. The lowest BCUT2D eigenvalue weighted by Gasteiger charge is -2.11. The van der Waals surface area contributed by atoms with E-state index in [1.807, 2.05) is 37.3 Å². The topological polar surface area (TPSA) is 49.3 Å². The summed E-state index contributed by atoms with van der Waals surface area (Å²) in [6.45, 7) is 2.00. The Balaban J connectivity index is 2.34. The van der Waals surface area contributed by atoms with E-state index >= 15 is 0 Å². The van der Waals surface area contributed by atoms with Crippen LogP contribution in [0.4, 0.5) is 0 Å². The van der Waals surface area contributed by atoms with Gasteiger partial charge in [-0.25, -0.2) is 0 Å². The fraction of sp³-hybridized carbons (Fsp3) is 0.364. The van der Waals surface area contributed by atoms with Crippen LogP contribution in [0.2, 0.25) is 0 Å². The zero-order valence-electron chi connectivity index (χ0n) is 8.23. The van der Waals surface area contributed by atoms with E-state index in [0.29, 0.717) is 0 Å².